The summed E-state index contributed by atoms with van der Waals surface area (Å²) in [6.07, 6.45) is 1.69. The standard InChI is InChI=1S/C21H25N3O4/c25-20(13-23-8-10-27-18-4-2-1-3-15(18)11-23)24-7-5-19-17(12-24)22-21(28-19)16-6-9-26-14-16/h1-4,16H,5-14H2. The molecular weight excluding hydrogens is 358 g/mol. The largest absolute Gasteiger partial charge is 0.492 e. The summed E-state index contributed by atoms with van der Waals surface area (Å²) in [5.41, 5.74) is 2.04. The summed E-state index contributed by atoms with van der Waals surface area (Å²) in [5, 5.41) is 0. The zero-order valence-corrected chi connectivity index (χ0v) is 15.9. The zero-order chi connectivity index (χ0) is 18.9. The minimum absolute atomic E-state index is 0.138. The van der Waals surface area contributed by atoms with E-state index in [-0.39, 0.29) is 11.8 Å². The van der Waals surface area contributed by atoms with Crippen LogP contribution >= 0.6 is 0 Å². The molecule has 3 aliphatic heterocycles. The van der Waals surface area contributed by atoms with Gasteiger partial charge >= 0.3 is 0 Å². The number of nitrogens with zero attached hydrogens (tertiary/aromatic N) is 3. The third-order valence-electron chi connectivity index (χ3n) is 5.77. The normalized spacial score (nSPS) is 22.3. The van der Waals surface area contributed by atoms with E-state index in [1.165, 1.54) is 0 Å². The van der Waals surface area contributed by atoms with Crippen molar-refractivity contribution in [2.24, 2.45) is 0 Å². The van der Waals surface area contributed by atoms with E-state index < -0.39 is 0 Å². The summed E-state index contributed by atoms with van der Waals surface area (Å²) in [7, 11) is 0. The molecule has 0 spiro atoms. The molecule has 7 heteroatoms. The highest BCUT2D eigenvalue weighted by atomic mass is 16.5. The lowest BCUT2D eigenvalue weighted by Crippen LogP contribution is -2.43. The fraction of sp³-hybridized carbons (Fsp3) is 0.524. The first-order valence-electron chi connectivity index (χ1n) is 10.0. The van der Waals surface area contributed by atoms with Gasteiger partial charge in [0.25, 0.3) is 0 Å². The maximum absolute atomic E-state index is 12.9. The number of carbonyl (C=O) groups is 1. The molecule has 148 valence electrons. The molecule has 7 nitrogen and oxygen atoms in total. The number of carbonyl (C=O) groups excluding carboxylic acids is 1. The SMILES string of the molecule is O=C(CN1CCOc2ccccc2C1)N1CCc2oc(C3CCOC3)nc2C1. The molecule has 1 aromatic heterocycles. The molecule has 1 amide bonds. The molecule has 1 aromatic carbocycles. The number of aromatic nitrogens is 1. The van der Waals surface area contributed by atoms with Gasteiger partial charge in [0.05, 0.1) is 25.6 Å². The van der Waals surface area contributed by atoms with Gasteiger partial charge in [-0.05, 0) is 12.5 Å². The van der Waals surface area contributed by atoms with Crippen molar-refractivity contribution in [2.75, 3.05) is 39.5 Å². The summed E-state index contributed by atoms with van der Waals surface area (Å²) in [6, 6.07) is 8.05. The van der Waals surface area contributed by atoms with Crippen molar-refractivity contribution in [3.05, 3.63) is 47.2 Å². The molecule has 1 atom stereocenters. The van der Waals surface area contributed by atoms with E-state index in [9.17, 15) is 4.79 Å². The van der Waals surface area contributed by atoms with E-state index in [1.807, 2.05) is 23.1 Å². The second kappa shape index (κ2) is 7.56. The van der Waals surface area contributed by atoms with Gasteiger partial charge in [-0.2, -0.15) is 0 Å². The number of rotatable bonds is 3. The third-order valence-corrected chi connectivity index (χ3v) is 5.77. The van der Waals surface area contributed by atoms with Crippen molar-refractivity contribution in [1.29, 1.82) is 0 Å². The van der Waals surface area contributed by atoms with Gasteiger partial charge in [0, 0.05) is 38.2 Å². The molecular formula is C21H25N3O4. The lowest BCUT2D eigenvalue weighted by molar-refractivity contribution is -0.133. The lowest BCUT2D eigenvalue weighted by Gasteiger charge is -2.28. The van der Waals surface area contributed by atoms with Gasteiger partial charge in [-0.15, -0.1) is 0 Å². The predicted molar refractivity (Wildman–Crippen MR) is 101 cm³/mol. The molecule has 4 heterocycles. The molecule has 1 unspecified atom stereocenters. The van der Waals surface area contributed by atoms with Crippen molar-refractivity contribution in [1.82, 2.24) is 14.8 Å². The van der Waals surface area contributed by atoms with Crippen LogP contribution in [0.3, 0.4) is 0 Å². The number of hydrogen-bond acceptors (Lipinski definition) is 6. The molecule has 0 bridgehead atoms. The van der Waals surface area contributed by atoms with Crippen LogP contribution in [0.4, 0.5) is 0 Å². The molecule has 0 aliphatic carbocycles. The number of ether oxygens (including phenoxy) is 2. The van der Waals surface area contributed by atoms with Crippen LogP contribution in [-0.4, -0.2) is 60.1 Å². The van der Waals surface area contributed by atoms with E-state index in [0.29, 0.717) is 32.8 Å². The van der Waals surface area contributed by atoms with Crippen molar-refractivity contribution >= 4 is 5.91 Å². The van der Waals surface area contributed by atoms with Crippen LogP contribution in [0.25, 0.3) is 0 Å². The van der Waals surface area contributed by atoms with Crippen molar-refractivity contribution < 1.29 is 18.7 Å². The molecule has 1 fully saturated rings. The highest BCUT2D eigenvalue weighted by Crippen LogP contribution is 2.29. The van der Waals surface area contributed by atoms with E-state index in [4.69, 9.17) is 13.9 Å². The maximum Gasteiger partial charge on any atom is 0.237 e. The topological polar surface area (TPSA) is 68.0 Å². The summed E-state index contributed by atoms with van der Waals surface area (Å²) in [5.74, 6) is 3.03. The smallest absolute Gasteiger partial charge is 0.237 e. The average Bonchev–Trinajstić information content (AvgIpc) is 3.33. The van der Waals surface area contributed by atoms with Crippen LogP contribution in [0, 0.1) is 0 Å². The molecule has 1 saturated heterocycles. The van der Waals surface area contributed by atoms with Crippen LogP contribution in [0.1, 0.15) is 35.2 Å². The highest BCUT2D eigenvalue weighted by molar-refractivity contribution is 5.78. The van der Waals surface area contributed by atoms with Crippen LogP contribution < -0.4 is 4.74 Å². The summed E-state index contributed by atoms with van der Waals surface area (Å²) in [4.78, 5) is 21.7. The van der Waals surface area contributed by atoms with Gasteiger partial charge in [-0.1, -0.05) is 18.2 Å². The van der Waals surface area contributed by atoms with E-state index >= 15 is 0 Å². The minimum Gasteiger partial charge on any atom is -0.492 e. The van der Waals surface area contributed by atoms with Crippen LogP contribution in [0.2, 0.25) is 0 Å². The first-order chi connectivity index (χ1) is 13.8. The minimum atomic E-state index is 0.138. The Hall–Kier alpha value is -2.38. The molecule has 3 aliphatic rings. The Morgan fingerprint density at radius 3 is 3.00 bits per heavy atom. The van der Waals surface area contributed by atoms with Crippen molar-refractivity contribution in [2.45, 2.75) is 31.8 Å². The second-order valence-corrected chi connectivity index (χ2v) is 7.71. The van der Waals surface area contributed by atoms with Crippen molar-refractivity contribution in [3.63, 3.8) is 0 Å². The monoisotopic (exact) mass is 383 g/mol. The Bertz CT molecular complexity index is 859. The number of oxazole rings is 1. The summed E-state index contributed by atoms with van der Waals surface area (Å²) in [6.45, 7) is 5.14. The second-order valence-electron chi connectivity index (χ2n) is 7.71. The van der Waals surface area contributed by atoms with Gasteiger partial charge in [0.2, 0.25) is 5.91 Å². The Labute approximate surface area is 164 Å². The predicted octanol–water partition coefficient (Wildman–Crippen LogP) is 1.96. The number of amides is 1. The molecule has 0 saturated carbocycles. The fourth-order valence-corrected chi connectivity index (χ4v) is 4.14. The van der Waals surface area contributed by atoms with Gasteiger partial charge in [0.15, 0.2) is 5.89 Å². The van der Waals surface area contributed by atoms with E-state index in [2.05, 4.69) is 16.0 Å². The maximum atomic E-state index is 12.9. The Kier molecular flexibility index (Phi) is 4.78. The van der Waals surface area contributed by atoms with E-state index in [0.717, 1.165) is 61.2 Å². The number of hydrogen-bond donors (Lipinski definition) is 0. The first kappa shape index (κ1) is 17.7. The molecule has 0 N–H and O–H groups in total. The lowest BCUT2D eigenvalue weighted by atomic mass is 10.1. The molecule has 2 aromatic rings. The van der Waals surface area contributed by atoms with E-state index in [1.54, 1.807) is 0 Å². The van der Waals surface area contributed by atoms with Gasteiger partial charge in [-0.25, -0.2) is 4.98 Å². The third kappa shape index (κ3) is 3.52. The Balaban J connectivity index is 1.23. The molecule has 0 radical (unpaired) electrons. The van der Waals surface area contributed by atoms with Gasteiger partial charge in [0.1, 0.15) is 23.8 Å². The Morgan fingerprint density at radius 2 is 2.11 bits per heavy atom. The number of fused-ring (bicyclic) bond motifs is 2. The quantitative estimate of drug-likeness (QED) is 0.807. The number of benzene rings is 1. The fourth-order valence-electron chi connectivity index (χ4n) is 4.14. The summed E-state index contributed by atoms with van der Waals surface area (Å²) >= 11 is 0. The highest BCUT2D eigenvalue weighted by Gasteiger charge is 2.30. The van der Waals surface area contributed by atoms with Crippen LogP contribution in [0.15, 0.2) is 28.7 Å². The summed E-state index contributed by atoms with van der Waals surface area (Å²) < 4.78 is 17.2. The molecule has 5 rings (SSSR count). The zero-order valence-electron chi connectivity index (χ0n) is 15.9. The van der Waals surface area contributed by atoms with Gasteiger partial charge < -0.3 is 18.8 Å². The van der Waals surface area contributed by atoms with Crippen molar-refractivity contribution in [3.8, 4) is 5.75 Å². The van der Waals surface area contributed by atoms with Crippen LogP contribution in [-0.2, 0) is 29.0 Å². The van der Waals surface area contributed by atoms with Gasteiger partial charge in [-0.3, -0.25) is 9.69 Å². The number of para-hydroxylation sites is 1. The van der Waals surface area contributed by atoms with Crippen LogP contribution in [0.5, 0.6) is 5.75 Å². The Morgan fingerprint density at radius 1 is 1.18 bits per heavy atom. The average molecular weight is 383 g/mol. The molecule has 28 heavy (non-hydrogen) atoms. The first-order valence-corrected chi connectivity index (χ1v) is 10.0.